The van der Waals surface area contributed by atoms with E-state index in [0.717, 1.165) is 6.42 Å². The van der Waals surface area contributed by atoms with Crippen LogP contribution in [0.15, 0.2) is 59.8 Å². The molecule has 0 amide bonds. The molecule has 0 spiro atoms. The van der Waals surface area contributed by atoms with Gasteiger partial charge >= 0.3 is 0 Å². The second-order valence-electron chi connectivity index (χ2n) is 3.31. The lowest BCUT2D eigenvalue weighted by molar-refractivity contribution is 1.19. The van der Waals surface area contributed by atoms with Gasteiger partial charge in [0.25, 0.3) is 0 Å². The summed E-state index contributed by atoms with van der Waals surface area (Å²) in [7, 11) is 0. The molecular formula is C19H34. The summed E-state index contributed by atoms with van der Waals surface area (Å²) in [6.45, 7) is 16.2. The minimum Gasteiger partial charge on any atom is -0.0877 e. The lowest BCUT2D eigenvalue weighted by Crippen LogP contribution is -1.82. The predicted molar refractivity (Wildman–Crippen MR) is 93.6 cm³/mol. The van der Waals surface area contributed by atoms with Gasteiger partial charge < -0.3 is 0 Å². The Labute approximate surface area is 122 Å². The Morgan fingerprint density at radius 3 is 1.53 bits per heavy atom. The predicted octanol–water partition coefficient (Wildman–Crippen LogP) is 7.03. The van der Waals surface area contributed by atoms with Gasteiger partial charge in [0.15, 0.2) is 0 Å². The van der Waals surface area contributed by atoms with E-state index in [1.165, 1.54) is 11.1 Å². The molecule has 0 aromatic heterocycles. The summed E-state index contributed by atoms with van der Waals surface area (Å²) in [5.41, 5.74) is 2.69. The van der Waals surface area contributed by atoms with E-state index in [9.17, 15) is 0 Å². The molecular weight excluding hydrogens is 228 g/mol. The zero-order valence-electron chi connectivity index (χ0n) is 14.3. The minimum absolute atomic E-state index is 0.996. The Bertz CT molecular complexity index is 296. The van der Waals surface area contributed by atoms with E-state index < -0.39 is 0 Å². The van der Waals surface area contributed by atoms with Crippen LogP contribution in [-0.2, 0) is 0 Å². The Morgan fingerprint density at radius 2 is 1.16 bits per heavy atom. The van der Waals surface area contributed by atoms with Crippen LogP contribution in [0.3, 0.4) is 0 Å². The summed E-state index contributed by atoms with van der Waals surface area (Å²) < 4.78 is 0. The van der Waals surface area contributed by atoms with Gasteiger partial charge in [-0.2, -0.15) is 0 Å². The summed E-state index contributed by atoms with van der Waals surface area (Å²) in [5, 5.41) is 0. The molecule has 19 heavy (non-hydrogen) atoms. The van der Waals surface area contributed by atoms with Gasteiger partial charge in [-0.05, 0) is 45.3 Å². The van der Waals surface area contributed by atoms with Gasteiger partial charge in [0.05, 0.1) is 0 Å². The molecule has 0 aromatic rings. The lowest BCUT2D eigenvalue weighted by Gasteiger charge is -2.02. The smallest absolute Gasteiger partial charge is 0.00293 e. The van der Waals surface area contributed by atoms with Crippen molar-refractivity contribution in [3.63, 3.8) is 0 Å². The van der Waals surface area contributed by atoms with E-state index >= 15 is 0 Å². The summed E-state index contributed by atoms with van der Waals surface area (Å²) in [6, 6.07) is 0. The first kappa shape index (κ1) is 22.8. The Balaban J connectivity index is -0.000000579. The molecule has 0 heterocycles. The van der Waals surface area contributed by atoms with Crippen LogP contribution >= 0.6 is 0 Å². The van der Waals surface area contributed by atoms with Crippen LogP contribution in [0.4, 0.5) is 0 Å². The van der Waals surface area contributed by atoms with Crippen LogP contribution < -0.4 is 0 Å². The van der Waals surface area contributed by atoms with Crippen LogP contribution in [0.2, 0.25) is 0 Å². The minimum atomic E-state index is 0.996. The van der Waals surface area contributed by atoms with Gasteiger partial charge in [-0.1, -0.05) is 76.3 Å². The Kier molecular flexibility index (Phi) is 26.4. The van der Waals surface area contributed by atoms with Crippen LogP contribution in [0.1, 0.15) is 61.8 Å². The van der Waals surface area contributed by atoms with E-state index in [0.29, 0.717) is 0 Å². The fraction of sp³-hybridized carbons (Fsp3) is 0.474. The van der Waals surface area contributed by atoms with Gasteiger partial charge in [-0.25, -0.2) is 0 Å². The maximum absolute atomic E-state index is 2.16. The second-order valence-corrected chi connectivity index (χ2v) is 3.31. The molecule has 0 fully saturated rings. The maximum atomic E-state index is 2.16. The highest BCUT2D eigenvalue weighted by Gasteiger charge is 1.94. The number of hydrogen-bond donors (Lipinski definition) is 0. The highest BCUT2D eigenvalue weighted by atomic mass is 14.0. The van der Waals surface area contributed by atoms with Gasteiger partial charge in [-0.15, -0.1) is 0 Å². The third-order valence-electron chi connectivity index (χ3n) is 2.04. The molecule has 0 aromatic carbocycles. The summed E-state index contributed by atoms with van der Waals surface area (Å²) >= 11 is 0. The van der Waals surface area contributed by atoms with E-state index in [2.05, 4.69) is 69.4 Å². The van der Waals surface area contributed by atoms with Gasteiger partial charge in [0, 0.05) is 0 Å². The van der Waals surface area contributed by atoms with E-state index in [1.807, 2.05) is 34.6 Å². The number of rotatable bonds is 5. The zero-order valence-corrected chi connectivity index (χ0v) is 14.3. The fourth-order valence-corrected chi connectivity index (χ4v) is 1.31. The van der Waals surface area contributed by atoms with Crippen molar-refractivity contribution in [3.8, 4) is 0 Å². The molecule has 0 unspecified atom stereocenters. The SMILES string of the molecule is CC.CC.C\C=C/C=C(\C=C/C)CC(/C=C\C)=C/C. The number of allylic oxidation sites excluding steroid dienone is 10. The first-order valence-corrected chi connectivity index (χ1v) is 7.50. The van der Waals surface area contributed by atoms with E-state index in [-0.39, 0.29) is 0 Å². The quantitative estimate of drug-likeness (QED) is 0.466. The monoisotopic (exact) mass is 262 g/mol. The highest BCUT2D eigenvalue weighted by molar-refractivity contribution is 5.32. The van der Waals surface area contributed by atoms with Gasteiger partial charge in [-0.3, -0.25) is 0 Å². The second kappa shape index (κ2) is 21.9. The van der Waals surface area contributed by atoms with Gasteiger partial charge in [0.2, 0.25) is 0 Å². The summed E-state index contributed by atoms with van der Waals surface area (Å²) in [4.78, 5) is 0. The van der Waals surface area contributed by atoms with Crippen LogP contribution in [-0.4, -0.2) is 0 Å². The maximum Gasteiger partial charge on any atom is -0.00293 e. The number of hydrogen-bond acceptors (Lipinski definition) is 0. The average Bonchev–Trinajstić information content (AvgIpc) is 2.48. The van der Waals surface area contributed by atoms with Crippen molar-refractivity contribution in [1.82, 2.24) is 0 Å². The van der Waals surface area contributed by atoms with Crippen molar-refractivity contribution in [1.29, 1.82) is 0 Å². The normalized spacial score (nSPS) is 12.4. The Hall–Kier alpha value is -1.30. The average molecular weight is 262 g/mol. The molecule has 0 atom stereocenters. The molecule has 0 nitrogen and oxygen atoms in total. The van der Waals surface area contributed by atoms with Crippen molar-refractivity contribution in [2.75, 3.05) is 0 Å². The van der Waals surface area contributed by atoms with Gasteiger partial charge in [0.1, 0.15) is 0 Å². The van der Waals surface area contributed by atoms with Crippen molar-refractivity contribution < 1.29 is 0 Å². The van der Waals surface area contributed by atoms with Crippen LogP contribution in [0.5, 0.6) is 0 Å². The molecule has 0 aliphatic rings. The fourth-order valence-electron chi connectivity index (χ4n) is 1.31. The third-order valence-corrected chi connectivity index (χ3v) is 2.04. The molecule has 0 saturated carbocycles. The first-order chi connectivity index (χ1) is 9.28. The summed E-state index contributed by atoms with van der Waals surface area (Å²) in [6.07, 6.45) is 17.9. The molecule has 0 N–H and O–H groups in total. The molecule has 0 aliphatic heterocycles. The van der Waals surface area contributed by atoms with Crippen LogP contribution in [0, 0.1) is 0 Å². The van der Waals surface area contributed by atoms with Crippen molar-refractivity contribution >= 4 is 0 Å². The Morgan fingerprint density at radius 1 is 0.684 bits per heavy atom. The molecule has 0 aliphatic carbocycles. The highest BCUT2D eigenvalue weighted by Crippen LogP contribution is 2.14. The standard InChI is InChI=1S/C15H22.2C2H6/c1-5-9-12-15(11-7-3)13-14(8-4)10-6-2;2*1-2/h5-12H,13H2,1-4H3;2*1-2H3/b9-5-,10-6-,11-7-,14-8+,15-12+;;. The molecule has 0 heteroatoms. The summed E-state index contributed by atoms with van der Waals surface area (Å²) in [5.74, 6) is 0. The van der Waals surface area contributed by atoms with Crippen LogP contribution in [0.25, 0.3) is 0 Å². The van der Waals surface area contributed by atoms with E-state index in [1.54, 1.807) is 0 Å². The lowest BCUT2D eigenvalue weighted by atomic mass is 10.0. The third kappa shape index (κ3) is 16.7. The molecule has 0 saturated heterocycles. The van der Waals surface area contributed by atoms with Crippen molar-refractivity contribution in [2.45, 2.75) is 61.8 Å². The molecule has 0 rings (SSSR count). The van der Waals surface area contributed by atoms with E-state index in [4.69, 9.17) is 0 Å². The zero-order chi connectivity index (χ0) is 15.5. The first-order valence-electron chi connectivity index (χ1n) is 7.50. The topological polar surface area (TPSA) is 0 Å². The van der Waals surface area contributed by atoms with Crippen molar-refractivity contribution in [2.24, 2.45) is 0 Å². The molecule has 110 valence electrons. The van der Waals surface area contributed by atoms with Crippen molar-refractivity contribution in [3.05, 3.63) is 59.8 Å². The molecule has 0 bridgehead atoms. The largest absolute Gasteiger partial charge is 0.0877 e. The molecule has 0 radical (unpaired) electrons.